The highest BCUT2D eigenvalue weighted by atomic mass is 16.4. The third kappa shape index (κ3) is 4.35. The van der Waals surface area contributed by atoms with Crippen molar-refractivity contribution >= 4 is 17.6 Å². The summed E-state index contributed by atoms with van der Waals surface area (Å²) in [5.41, 5.74) is 4.61. The summed E-state index contributed by atoms with van der Waals surface area (Å²) < 4.78 is 0. The minimum atomic E-state index is -1.22. The van der Waals surface area contributed by atoms with Crippen LogP contribution in [0.15, 0.2) is 91.0 Å². The third-order valence-electron chi connectivity index (χ3n) is 6.40. The Hall–Kier alpha value is -3.66. The number of allylic oxidation sites excluding steroid dienone is 2. The maximum absolute atomic E-state index is 13.6. The van der Waals surface area contributed by atoms with E-state index in [4.69, 9.17) is 0 Å². The van der Waals surface area contributed by atoms with Crippen molar-refractivity contribution in [2.45, 2.75) is 25.7 Å². The second kappa shape index (κ2) is 9.23. The predicted octanol–water partition coefficient (Wildman–Crippen LogP) is 4.36. The molecule has 0 spiro atoms. The molecule has 162 valence electrons. The van der Waals surface area contributed by atoms with Gasteiger partial charge in [0.25, 0.3) is 0 Å². The van der Waals surface area contributed by atoms with E-state index in [1.54, 1.807) is 0 Å². The van der Waals surface area contributed by atoms with E-state index >= 15 is 0 Å². The first kappa shape index (κ1) is 21.6. The Balaban J connectivity index is 1.77. The van der Waals surface area contributed by atoms with Crippen molar-refractivity contribution in [2.75, 3.05) is 5.32 Å². The Morgan fingerprint density at radius 1 is 0.719 bits per heavy atom. The summed E-state index contributed by atoms with van der Waals surface area (Å²) in [6, 6.07) is 24.7. The van der Waals surface area contributed by atoms with Gasteiger partial charge in [0.05, 0.1) is 5.92 Å². The molecule has 0 fully saturated rings. The molecule has 0 saturated heterocycles. The van der Waals surface area contributed by atoms with Gasteiger partial charge in [-0.05, 0) is 48.2 Å². The zero-order chi connectivity index (χ0) is 22.7. The number of aryl methyl sites for hydroxylation is 2. The molecule has 32 heavy (non-hydrogen) atoms. The molecule has 4 heteroatoms. The second-order valence-corrected chi connectivity index (χ2v) is 8.42. The van der Waals surface area contributed by atoms with E-state index in [-0.39, 0.29) is 11.8 Å². The molecule has 0 bridgehead atoms. The van der Waals surface area contributed by atoms with Crippen LogP contribution in [0.2, 0.25) is 0 Å². The molecular weight excluding hydrogens is 398 g/mol. The number of hydrogen-bond acceptors (Lipinski definition) is 3. The average molecular weight is 425 g/mol. The number of carboxylic acids is 1. The zero-order valence-electron chi connectivity index (χ0n) is 18.2. The van der Waals surface area contributed by atoms with Crippen molar-refractivity contribution in [2.24, 2.45) is 11.8 Å². The van der Waals surface area contributed by atoms with Gasteiger partial charge in [0.15, 0.2) is 0 Å². The van der Waals surface area contributed by atoms with Gasteiger partial charge in [-0.3, -0.25) is 4.79 Å². The Kier molecular flexibility index (Phi) is 6.22. The van der Waals surface area contributed by atoms with Gasteiger partial charge < -0.3 is 15.2 Å². The lowest BCUT2D eigenvalue weighted by atomic mass is 9.66. The van der Waals surface area contributed by atoms with Crippen LogP contribution in [0.5, 0.6) is 0 Å². The van der Waals surface area contributed by atoms with E-state index in [1.807, 2.05) is 105 Å². The highest BCUT2D eigenvalue weighted by molar-refractivity contribution is 5.96. The molecule has 1 N–H and O–H groups in total. The molecule has 1 aliphatic carbocycles. The highest BCUT2D eigenvalue weighted by Gasteiger charge is 2.42. The van der Waals surface area contributed by atoms with Gasteiger partial charge >= 0.3 is 0 Å². The third-order valence-corrected chi connectivity index (χ3v) is 6.40. The number of nitrogens with one attached hydrogen (secondary N) is 1. The minimum absolute atomic E-state index is 0.318. The molecule has 0 unspecified atom stereocenters. The molecule has 1 amide bonds. The predicted molar refractivity (Wildman–Crippen MR) is 124 cm³/mol. The highest BCUT2D eigenvalue weighted by Crippen LogP contribution is 2.44. The van der Waals surface area contributed by atoms with Gasteiger partial charge in [-0.15, -0.1) is 0 Å². The van der Waals surface area contributed by atoms with Crippen molar-refractivity contribution in [1.29, 1.82) is 0 Å². The van der Waals surface area contributed by atoms with E-state index < -0.39 is 23.7 Å². The Bertz CT molecular complexity index is 1140. The standard InChI is InChI=1S/C28H27NO3/c1-18-13-14-22(17-19(18)2)29-27(30)25-23(20-9-5-3-6-10-20)15-16-24(26(25)28(31)32)21-11-7-4-8-12-21/h3-17,23-26H,1-2H3,(H,29,30)(H,31,32)/p-1/t23-,24-,25+,26+/m1/s1. The number of anilines is 1. The van der Waals surface area contributed by atoms with Gasteiger partial charge in [0.2, 0.25) is 5.91 Å². The molecule has 0 radical (unpaired) electrons. The lowest BCUT2D eigenvalue weighted by Crippen LogP contribution is -2.47. The summed E-state index contributed by atoms with van der Waals surface area (Å²) >= 11 is 0. The number of rotatable bonds is 5. The molecule has 4 atom stereocenters. The van der Waals surface area contributed by atoms with Crippen molar-refractivity contribution in [3.63, 3.8) is 0 Å². The molecule has 0 heterocycles. The van der Waals surface area contributed by atoms with Crippen LogP contribution in [0.4, 0.5) is 5.69 Å². The number of carbonyl (C=O) groups excluding carboxylic acids is 2. The summed E-state index contributed by atoms with van der Waals surface area (Å²) in [6.45, 7) is 3.99. The lowest BCUT2D eigenvalue weighted by Gasteiger charge is -2.40. The normalized spacial score (nSPS) is 22.3. The second-order valence-electron chi connectivity index (χ2n) is 8.42. The molecule has 0 saturated carbocycles. The Morgan fingerprint density at radius 3 is 1.75 bits per heavy atom. The fraction of sp³-hybridized carbons (Fsp3) is 0.214. The van der Waals surface area contributed by atoms with Crippen LogP contribution in [0, 0.1) is 25.7 Å². The first-order valence-electron chi connectivity index (χ1n) is 10.8. The molecule has 4 nitrogen and oxygen atoms in total. The summed E-state index contributed by atoms with van der Waals surface area (Å²) in [5, 5.41) is 15.4. The summed E-state index contributed by atoms with van der Waals surface area (Å²) in [6.07, 6.45) is 3.88. The molecule has 4 rings (SSSR count). The van der Waals surface area contributed by atoms with E-state index in [0.717, 1.165) is 22.3 Å². The van der Waals surface area contributed by atoms with Gasteiger partial charge in [0, 0.05) is 29.4 Å². The van der Waals surface area contributed by atoms with Crippen LogP contribution in [-0.2, 0) is 9.59 Å². The summed E-state index contributed by atoms with van der Waals surface area (Å²) in [7, 11) is 0. The summed E-state index contributed by atoms with van der Waals surface area (Å²) in [4.78, 5) is 26.1. The van der Waals surface area contributed by atoms with Gasteiger partial charge in [-0.25, -0.2) is 0 Å². The molecule has 1 aliphatic rings. The van der Waals surface area contributed by atoms with Crippen LogP contribution < -0.4 is 10.4 Å². The number of benzene rings is 3. The maximum atomic E-state index is 13.6. The molecule has 3 aromatic carbocycles. The van der Waals surface area contributed by atoms with E-state index in [2.05, 4.69) is 5.32 Å². The number of hydrogen-bond donors (Lipinski definition) is 1. The van der Waals surface area contributed by atoms with Crippen LogP contribution >= 0.6 is 0 Å². The van der Waals surface area contributed by atoms with Crippen LogP contribution in [-0.4, -0.2) is 11.9 Å². The SMILES string of the molecule is Cc1ccc(NC(=O)[C@@H]2[C@@H](C(=O)[O-])[C@@H](c3ccccc3)C=C[C@@H]2c2ccccc2)cc1C. The maximum Gasteiger partial charge on any atom is 0.229 e. The first-order valence-corrected chi connectivity index (χ1v) is 10.8. The van der Waals surface area contributed by atoms with Crippen molar-refractivity contribution < 1.29 is 14.7 Å². The fourth-order valence-electron chi connectivity index (χ4n) is 4.58. The topological polar surface area (TPSA) is 69.2 Å². The average Bonchev–Trinajstić information content (AvgIpc) is 2.81. The monoisotopic (exact) mass is 424 g/mol. The van der Waals surface area contributed by atoms with Crippen molar-refractivity contribution in [1.82, 2.24) is 0 Å². The largest absolute Gasteiger partial charge is 0.550 e. The lowest BCUT2D eigenvalue weighted by molar-refractivity contribution is -0.313. The van der Waals surface area contributed by atoms with E-state index in [1.165, 1.54) is 0 Å². The zero-order valence-corrected chi connectivity index (χ0v) is 18.2. The smallest absolute Gasteiger partial charge is 0.229 e. The number of aliphatic carboxylic acids is 1. The Labute approximate surface area is 188 Å². The fourth-order valence-corrected chi connectivity index (χ4v) is 4.58. The first-order chi connectivity index (χ1) is 15.5. The van der Waals surface area contributed by atoms with Gasteiger partial charge in [-0.1, -0.05) is 78.9 Å². The van der Waals surface area contributed by atoms with Crippen LogP contribution in [0.1, 0.15) is 34.1 Å². The van der Waals surface area contributed by atoms with E-state index in [0.29, 0.717) is 5.69 Å². The van der Waals surface area contributed by atoms with Gasteiger partial charge in [0.1, 0.15) is 0 Å². The van der Waals surface area contributed by atoms with E-state index in [9.17, 15) is 14.7 Å². The number of amides is 1. The molecule has 0 aliphatic heterocycles. The summed E-state index contributed by atoms with van der Waals surface area (Å²) in [5.74, 6) is -4.17. The quantitative estimate of drug-likeness (QED) is 0.619. The number of carbonyl (C=O) groups is 2. The van der Waals surface area contributed by atoms with Crippen molar-refractivity contribution in [3.05, 3.63) is 113 Å². The minimum Gasteiger partial charge on any atom is -0.550 e. The molecule has 0 aromatic heterocycles. The van der Waals surface area contributed by atoms with Crippen LogP contribution in [0.25, 0.3) is 0 Å². The van der Waals surface area contributed by atoms with Crippen LogP contribution in [0.3, 0.4) is 0 Å². The number of carboxylic acid groups (broad SMARTS) is 1. The van der Waals surface area contributed by atoms with Gasteiger partial charge in [-0.2, -0.15) is 0 Å². The molecule has 3 aromatic rings. The Morgan fingerprint density at radius 2 is 1.25 bits per heavy atom. The molecular formula is C28H26NO3-. The van der Waals surface area contributed by atoms with Crippen molar-refractivity contribution in [3.8, 4) is 0 Å².